The third-order valence-electron chi connectivity index (χ3n) is 4.45. The van der Waals surface area contributed by atoms with Crippen LogP contribution in [0.5, 0.6) is 0 Å². The molecule has 1 heterocycles. The Morgan fingerprint density at radius 1 is 1.41 bits per heavy atom. The highest BCUT2D eigenvalue weighted by molar-refractivity contribution is 7.11. The Kier molecular flexibility index (Phi) is 2.79. The van der Waals surface area contributed by atoms with E-state index in [2.05, 4.69) is 31.1 Å². The number of hydrogen-bond donors (Lipinski definition) is 1. The lowest BCUT2D eigenvalue weighted by atomic mass is 10.00. The normalized spacial score (nSPS) is 23.7. The van der Waals surface area contributed by atoms with Crippen LogP contribution in [0.4, 0.5) is 0 Å². The van der Waals surface area contributed by atoms with Crippen molar-refractivity contribution in [1.29, 1.82) is 0 Å². The molecule has 1 atom stereocenters. The fourth-order valence-corrected chi connectivity index (χ4v) is 3.90. The van der Waals surface area contributed by atoms with Gasteiger partial charge in [-0.05, 0) is 57.8 Å². The highest BCUT2D eigenvalue weighted by Gasteiger charge is 2.53. The van der Waals surface area contributed by atoms with Crippen LogP contribution in [-0.4, -0.2) is 11.5 Å². The van der Waals surface area contributed by atoms with Gasteiger partial charge in [-0.2, -0.15) is 0 Å². The van der Waals surface area contributed by atoms with Gasteiger partial charge in [0.15, 0.2) is 0 Å². The molecule has 3 rings (SSSR count). The lowest BCUT2D eigenvalue weighted by Gasteiger charge is -2.19. The Labute approximate surface area is 108 Å². The van der Waals surface area contributed by atoms with Crippen molar-refractivity contribution >= 4 is 11.3 Å². The Morgan fingerprint density at radius 3 is 2.59 bits per heavy atom. The van der Waals surface area contributed by atoms with E-state index < -0.39 is 0 Å². The quantitative estimate of drug-likeness (QED) is 0.863. The summed E-state index contributed by atoms with van der Waals surface area (Å²) < 4.78 is 0. The number of nitrogens with zero attached hydrogens (tertiary/aromatic N) is 1. The van der Waals surface area contributed by atoms with Crippen molar-refractivity contribution in [2.75, 3.05) is 6.54 Å². The summed E-state index contributed by atoms with van der Waals surface area (Å²) in [5.74, 6) is 1.04. The van der Waals surface area contributed by atoms with E-state index in [9.17, 15) is 0 Å². The van der Waals surface area contributed by atoms with Crippen molar-refractivity contribution in [3.63, 3.8) is 0 Å². The van der Waals surface area contributed by atoms with Crippen LogP contribution in [0, 0.1) is 25.2 Å². The minimum atomic E-state index is 0.413. The molecule has 0 bridgehead atoms. The van der Waals surface area contributed by atoms with E-state index in [0.717, 1.165) is 5.92 Å². The van der Waals surface area contributed by atoms with E-state index >= 15 is 0 Å². The Morgan fingerprint density at radius 2 is 2.12 bits per heavy atom. The van der Waals surface area contributed by atoms with Crippen molar-refractivity contribution in [3.8, 4) is 0 Å². The average Bonchev–Trinajstić information content (AvgIpc) is 3.13. The molecule has 0 saturated heterocycles. The first-order chi connectivity index (χ1) is 8.11. The van der Waals surface area contributed by atoms with E-state index in [1.807, 2.05) is 11.3 Å². The van der Waals surface area contributed by atoms with E-state index in [4.69, 9.17) is 0 Å². The summed E-state index contributed by atoms with van der Waals surface area (Å²) in [5.41, 5.74) is 1.95. The summed E-state index contributed by atoms with van der Waals surface area (Å²) in [6, 6.07) is 0.413. The molecule has 1 aromatic rings. The molecule has 2 aliphatic carbocycles. The summed E-state index contributed by atoms with van der Waals surface area (Å²) >= 11 is 1.81. The van der Waals surface area contributed by atoms with Gasteiger partial charge in [0.1, 0.15) is 0 Å². The largest absolute Gasteiger partial charge is 0.308 e. The van der Waals surface area contributed by atoms with Crippen molar-refractivity contribution < 1.29 is 0 Å². The highest BCUT2D eigenvalue weighted by atomic mass is 32.1. The van der Waals surface area contributed by atoms with E-state index in [0.29, 0.717) is 11.5 Å². The van der Waals surface area contributed by atoms with Gasteiger partial charge in [0.05, 0.1) is 10.7 Å². The predicted molar refractivity (Wildman–Crippen MR) is 72.4 cm³/mol. The van der Waals surface area contributed by atoms with Crippen molar-refractivity contribution in [1.82, 2.24) is 10.3 Å². The van der Waals surface area contributed by atoms with Gasteiger partial charge in [0.25, 0.3) is 0 Å². The van der Waals surface area contributed by atoms with E-state index in [-0.39, 0.29) is 0 Å². The van der Waals surface area contributed by atoms with Gasteiger partial charge < -0.3 is 5.32 Å². The molecule has 94 valence electrons. The van der Waals surface area contributed by atoms with Gasteiger partial charge in [-0.15, -0.1) is 11.3 Å². The van der Waals surface area contributed by atoms with Crippen molar-refractivity contribution in [3.05, 3.63) is 15.6 Å². The smallest absolute Gasteiger partial charge is 0.0900 e. The lowest BCUT2D eigenvalue weighted by molar-refractivity contribution is 0.379. The predicted octanol–water partition coefficient (Wildman–Crippen LogP) is 3.60. The van der Waals surface area contributed by atoms with Crippen LogP contribution in [0.2, 0.25) is 0 Å². The van der Waals surface area contributed by atoms with E-state index in [1.54, 1.807) is 0 Å². The molecule has 0 aromatic carbocycles. The summed E-state index contributed by atoms with van der Waals surface area (Å²) in [4.78, 5) is 6.02. The topological polar surface area (TPSA) is 24.9 Å². The molecule has 0 amide bonds. The van der Waals surface area contributed by atoms with Crippen molar-refractivity contribution in [2.45, 2.75) is 52.5 Å². The SMILES string of the molecule is Cc1nc(C(C)NCC2(C3CC3)CC2)c(C)s1. The first kappa shape index (κ1) is 11.7. The van der Waals surface area contributed by atoms with Crippen LogP contribution in [0.15, 0.2) is 0 Å². The molecular weight excluding hydrogens is 228 g/mol. The van der Waals surface area contributed by atoms with Gasteiger partial charge in [-0.25, -0.2) is 4.98 Å². The zero-order chi connectivity index (χ0) is 12.0. The second kappa shape index (κ2) is 4.06. The molecule has 0 aliphatic heterocycles. The van der Waals surface area contributed by atoms with Crippen LogP contribution in [0.25, 0.3) is 0 Å². The molecule has 1 N–H and O–H groups in total. The molecule has 2 fully saturated rings. The first-order valence-electron chi connectivity index (χ1n) is 6.78. The molecule has 2 nitrogen and oxygen atoms in total. The maximum Gasteiger partial charge on any atom is 0.0900 e. The molecule has 0 spiro atoms. The molecule has 2 saturated carbocycles. The van der Waals surface area contributed by atoms with Gasteiger partial charge in [-0.1, -0.05) is 0 Å². The lowest BCUT2D eigenvalue weighted by Crippen LogP contribution is -2.28. The highest BCUT2D eigenvalue weighted by Crippen LogP contribution is 2.60. The number of aromatic nitrogens is 1. The third kappa shape index (κ3) is 2.27. The number of rotatable bonds is 5. The number of thiazole rings is 1. The van der Waals surface area contributed by atoms with Crippen LogP contribution < -0.4 is 5.32 Å². The summed E-state index contributed by atoms with van der Waals surface area (Å²) in [6.07, 6.45) is 5.86. The maximum atomic E-state index is 4.65. The minimum Gasteiger partial charge on any atom is -0.308 e. The Hall–Kier alpha value is -0.410. The fraction of sp³-hybridized carbons (Fsp3) is 0.786. The third-order valence-corrected chi connectivity index (χ3v) is 5.35. The minimum absolute atomic E-state index is 0.413. The summed E-state index contributed by atoms with van der Waals surface area (Å²) in [5, 5.41) is 4.91. The molecule has 17 heavy (non-hydrogen) atoms. The molecule has 3 heteroatoms. The van der Waals surface area contributed by atoms with Crippen molar-refractivity contribution in [2.24, 2.45) is 11.3 Å². The van der Waals surface area contributed by atoms with Gasteiger partial charge in [0, 0.05) is 17.5 Å². The molecular formula is C14H22N2S. The Bertz CT molecular complexity index is 416. The van der Waals surface area contributed by atoms with Crippen LogP contribution >= 0.6 is 11.3 Å². The van der Waals surface area contributed by atoms with Crippen LogP contribution in [0.3, 0.4) is 0 Å². The fourth-order valence-electron chi connectivity index (χ4n) is 2.99. The zero-order valence-electron chi connectivity index (χ0n) is 11.0. The second-order valence-electron chi connectivity index (χ2n) is 5.91. The first-order valence-corrected chi connectivity index (χ1v) is 7.60. The number of nitrogens with one attached hydrogen (secondary N) is 1. The number of hydrogen-bond acceptors (Lipinski definition) is 3. The van der Waals surface area contributed by atoms with Crippen LogP contribution in [0.1, 0.15) is 54.2 Å². The summed E-state index contributed by atoms with van der Waals surface area (Å²) in [6.45, 7) is 7.74. The van der Waals surface area contributed by atoms with E-state index in [1.165, 1.54) is 47.8 Å². The van der Waals surface area contributed by atoms with Gasteiger partial charge in [0.2, 0.25) is 0 Å². The maximum absolute atomic E-state index is 4.65. The van der Waals surface area contributed by atoms with Gasteiger partial charge >= 0.3 is 0 Å². The Balaban J connectivity index is 1.60. The standard InChI is InChI=1S/C14H22N2S/c1-9(13-10(2)17-11(3)16-13)15-8-14(6-7-14)12-4-5-12/h9,12,15H,4-8H2,1-3H3. The molecule has 0 radical (unpaired) electrons. The van der Waals surface area contributed by atoms with Crippen LogP contribution in [-0.2, 0) is 0 Å². The number of aryl methyl sites for hydroxylation is 2. The second-order valence-corrected chi connectivity index (χ2v) is 7.32. The van der Waals surface area contributed by atoms with Gasteiger partial charge in [-0.3, -0.25) is 0 Å². The average molecular weight is 250 g/mol. The monoisotopic (exact) mass is 250 g/mol. The summed E-state index contributed by atoms with van der Waals surface area (Å²) in [7, 11) is 0. The molecule has 2 aliphatic rings. The zero-order valence-corrected chi connectivity index (χ0v) is 11.9. The molecule has 1 unspecified atom stereocenters. The molecule has 1 aromatic heterocycles.